The molecule has 0 amide bonds. The van der Waals surface area contributed by atoms with Gasteiger partial charge in [0.25, 0.3) is 0 Å². The lowest BCUT2D eigenvalue weighted by molar-refractivity contribution is -0.145. The van der Waals surface area contributed by atoms with E-state index in [2.05, 4.69) is 9.98 Å². The topological polar surface area (TPSA) is 77.3 Å². The highest BCUT2D eigenvalue weighted by molar-refractivity contribution is 5.87. The first-order valence-electron chi connectivity index (χ1n) is 12.2. The maximum Gasteiger partial charge on any atom is 0.331 e. The molecule has 0 aliphatic carbocycles. The van der Waals surface area contributed by atoms with E-state index in [0.717, 1.165) is 22.3 Å². The maximum atomic E-state index is 12.4. The number of hydrogen-bond acceptors (Lipinski definition) is 6. The number of esters is 2. The van der Waals surface area contributed by atoms with Crippen molar-refractivity contribution >= 4 is 24.4 Å². The van der Waals surface area contributed by atoms with Gasteiger partial charge >= 0.3 is 11.9 Å². The van der Waals surface area contributed by atoms with Gasteiger partial charge < -0.3 is 9.47 Å². The van der Waals surface area contributed by atoms with E-state index < -0.39 is 12.1 Å². The molecule has 3 aromatic carbocycles. The first kappa shape index (κ1) is 26.5. The molecule has 3 rings (SSSR count). The zero-order valence-corrected chi connectivity index (χ0v) is 20.7. The fourth-order valence-corrected chi connectivity index (χ4v) is 3.57. The highest BCUT2D eigenvalue weighted by Gasteiger charge is 2.19. The van der Waals surface area contributed by atoms with Crippen LogP contribution in [0.25, 0.3) is 0 Å². The molecule has 0 aromatic heterocycles. The Balaban J connectivity index is 1.69. The molecule has 0 saturated heterocycles. The van der Waals surface area contributed by atoms with Crippen molar-refractivity contribution in [1.82, 2.24) is 0 Å². The van der Waals surface area contributed by atoms with Gasteiger partial charge in [0, 0.05) is 25.3 Å². The zero-order chi connectivity index (χ0) is 25.6. The predicted octanol–water partition coefficient (Wildman–Crippen LogP) is 4.87. The number of aliphatic imine (C=N–C) groups is 2. The lowest BCUT2D eigenvalue weighted by atomic mass is 10.1. The summed E-state index contributed by atoms with van der Waals surface area (Å²) < 4.78 is 10.4. The van der Waals surface area contributed by atoms with E-state index in [0.29, 0.717) is 26.1 Å². The highest BCUT2D eigenvalue weighted by atomic mass is 16.5. The highest BCUT2D eigenvalue weighted by Crippen LogP contribution is 2.11. The monoisotopic (exact) mass is 484 g/mol. The SMILES string of the molecule is CCOC(=O)[C@H](Cc1ccccc1)N=Cc1ccc(C=N[C@H](Cc2ccccc2)C(=O)OCC)cc1. The molecule has 0 fully saturated rings. The Morgan fingerprint density at radius 2 is 1.00 bits per heavy atom. The third-order valence-electron chi connectivity index (χ3n) is 5.40. The molecule has 186 valence electrons. The molecule has 0 heterocycles. The van der Waals surface area contributed by atoms with Crippen LogP contribution in [0.1, 0.15) is 36.1 Å². The van der Waals surface area contributed by atoms with Crippen molar-refractivity contribution in [2.24, 2.45) is 9.98 Å². The van der Waals surface area contributed by atoms with Gasteiger partial charge in [0.15, 0.2) is 12.1 Å². The van der Waals surface area contributed by atoms with Crippen LogP contribution in [-0.2, 0) is 31.9 Å². The largest absolute Gasteiger partial charge is 0.464 e. The van der Waals surface area contributed by atoms with Gasteiger partial charge in [-0.25, -0.2) is 9.59 Å². The molecule has 0 N–H and O–H groups in total. The van der Waals surface area contributed by atoms with Crippen LogP contribution in [0.2, 0.25) is 0 Å². The fourth-order valence-electron chi connectivity index (χ4n) is 3.57. The summed E-state index contributed by atoms with van der Waals surface area (Å²) in [7, 11) is 0. The summed E-state index contributed by atoms with van der Waals surface area (Å²) in [6, 6.07) is 25.9. The summed E-state index contributed by atoms with van der Waals surface area (Å²) in [6.07, 6.45) is 4.31. The Morgan fingerprint density at radius 1 is 0.639 bits per heavy atom. The van der Waals surface area contributed by atoms with Gasteiger partial charge in [0.2, 0.25) is 0 Å². The van der Waals surface area contributed by atoms with E-state index in [4.69, 9.17) is 9.47 Å². The van der Waals surface area contributed by atoms with E-state index in [1.54, 1.807) is 26.3 Å². The Bertz CT molecular complexity index is 1050. The van der Waals surface area contributed by atoms with Crippen molar-refractivity contribution in [3.8, 4) is 0 Å². The zero-order valence-electron chi connectivity index (χ0n) is 20.7. The molecule has 0 spiro atoms. The van der Waals surface area contributed by atoms with Gasteiger partial charge in [-0.15, -0.1) is 0 Å². The molecular weight excluding hydrogens is 452 g/mol. The quantitative estimate of drug-likeness (QED) is 0.271. The molecule has 6 heteroatoms. The second-order valence-electron chi connectivity index (χ2n) is 8.14. The molecule has 6 nitrogen and oxygen atoms in total. The molecule has 0 aliphatic heterocycles. The number of rotatable bonds is 12. The van der Waals surface area contributed by atoms with E-state index in [-0.39, 0.29) is 11.9 Å². The number of ether oxygens (including phenoxy) is 2. The van der Waals surface area contributed by atoms with Gasteiger partial charge in [0.1, 0.15) is 0 Å². The summed E-state index contributed by atoms with van der Waals surface area (Å²) in [5.74, 6) is -0.686. The third-order valence-corrected chi connectivity index (χ3v) is 5.40. The number of nitrogens with zero attached hydrogens (tertiary/aromatic N) is 2. The summed E-state index contributed by atoms with van der Waals surface area (Å²) in [5, 5.41) is 0. The summed E-state index contributed by atoms with van der Waals surface area (Å²) in [6.45, 7) is 4.19. The second kappa shape index (κ2) is 14.4. The molecular formula is C30H32N2O4. The van der Waals surface area contributed by atoms with Crippen LogP contribution in [0.3, 0.4) is 0 Å². The smallest absolute Gasteiger partial charge is 0.331 e. The van der Waals surface area contributed by atoms with Gasteiger partial charge in [0.05, 0.1) is 13.2 Å². The van der Waals surface area contributed by atoms with Crippen molar-refractivity contribution in [3.63, 3.8) is 0 Å². The number of carbonyl (C=O) groups excluding carboxylic acids is 2. The summed E-state index contributed by atoms with van der Waals surface area (Å²) in [4.78, 5) is 33.8. The van der Waals surface area contributed by atoms with E-state index in [1.807, 2.05) is 84.9 Å². The second-order valence-corrected chi connectivity index (χ2v) is 8.14. The van der Waals surface area contributed by atoms with Gasteiger partial charge in [-0.05, 0) is 36.1 Å². The normalized spacial score (nSPS) is 12.9. The Morgan fingerprint density at radius 3 is 1.33 bits per heavy atom. The molecule has 0 unspecified atom stereocenters. The van der Waals surface area contributed by atoms with Gasteiger partial charge in [-0.2, -0.15) is 0 Å². The Labute approximate surface area is 212 Å². The summed E-state index contributed by atoms with van der Waals surface area (Å²) in [5.41, 5.74) is 3.73. The van der Waals surface area contributed by atoms with E-state index in [1.165, 1.54) is 0 Å². The Kier molecular flexibility index (Phi) is 10.6. The minimum absolute atomic E-state index is 0.310. The number of benzene rings is 3. The van der Waals surface area contributed by atoms with Crippen molar-refractivity contribution in [2.45, 2.75) is 38.8 Å². The van der Waals surface area contributed by atoms with E-state index >= 15 is 0 Å². The molecule has 36 heavy (non-hydrogen) atoms. The standard InChI is InChI=1S/C30H32N2O4/c1-3-35-29(33)27(19-23-11-7-5-8-12-23)31-21-25-15-17-26(18-16-25)22-32-28(30(34)36-4-2)20-24-13-9-6-10-14-24/h5-18,21-22,27-28H,3-4,19-20H2,1-2H3/t27-,28+. The van der Waals surface area contributed by atoms with Crippen LogP contribution in [0, 0.1) is 0 Å². The van der Waals surface area contributed by atoms with Crippen molar-refractivity contribution in [3.05, 3.63) is 107 Å². The average Bonchev–Trinajstić information content (AvgIpc) is 2.91. The molecule has 0 bridgehead atoms. The minimum Gasteiger partial charge on any atom is -0.464 e. The third kappa shape index (κ3) is 8.62. The summed E-state index contributed by atoms with van der Waals surface area (Å²) >= 11 is 0. The van der Waals surface area contributed by atoms with Crippen LogP contribution < -0.4 is 0 Å². The van der Waals surface area contributed by atoms with E-state index in [9.17, 15) is 9.59 Å². The van der Waals surface area contributed by atoms with Crippen LogP contribution in [0.5, 0.6) is 0 Å². The molecule has 0 aliphatic rings. The Hall–Kier alpha value is -4.06. The van der Waals surface area contributed by atoms with Crippen molar-refractivity contribution in [2.75, 3.05) is 13.2 Å². The number of carbonyl (C=O) groups is 2. The lowest BCUT2D eigenvalue weighted by Gasteiger charge is -2.12. The lowest BCUT2D eigenvalue weighted by Crippen LogP contribution is -2.24. The fraction of sp³-hybridized carbons (Fsp3) is 0.267. The van der Waals surface area contributed by atoms with Crippen LogP contribution in [-0.4, -0.2) is 49.7 Å². The van der Waals surface area contributed by atoms with Gasteiger partial charge in [-0.1, -0.05) is 84.9 Å². The first-order valence-corrected chi connectivity index (χ1v) is 12.2. The van der Waals surface area contributed by atoms with Gasteiger partial charge in [-0.3, -0.25) is 9.98 Å². The molecule has 0 radical (unpaired) electrons. The van der Waals surface area contributed by atoms with Crippen LogP contribution in [0.4, 0.5) is 0 Å². The molecule has 3 aromatic rings. The van der Waals surface area contributed by atoms with Crippen molar-refractivity contribution < 1.29 is 19.1 Å². The number of hydrogen-bond donors (Lipinski definition) is 0. The minimum atomic E-state index is -0.614. The van der Waals surface area contributed by atoms with Crippen molar-refractivity contribution in [1.29, 1.82) is 0 Å². The predicted molar refractivity (Wildman–Crippen MR) is 143 cm³/mol. The molecule has 2 atom stereocenters. The van der Waals surface area contributed by atoms with Crippen LogP contribution in [0.15, 0.2) is 94.9 Å². The maximum absolute atomic E-state index is 12.4. The molecule has 0 saturated carbocycles. The average molecular weight is 485 g/mol. The first-order chi connectivity index (χ1) is 17.6. The van der Waals surface area contributed by atoms with Crippen LogP contribution >= 0.6 is 0 Å².